The summed E-state index contributed by atoms with van der Waals surface area (Å²) < 4.78 is 0. The highest BCUT2D eigenvalue weighted by Crippen LogP contribution is 2.24. The van der Waals surface area contributed by atoms with Gasteiger partial charge >= 0.3 is 0 Å². The fourth-order valence-electron chi connectivity index (χ4n) is 3.50. The molecule has 0 fully saturated rings. The molecule has 0 aromatic carbocycles. The molecule has 0 aliphatic rings. The van der Waals surface area contributed by atoms with Gasteiger partial charge in [0.25, 0.3) is 0 Å². The average molecular weight is 328 g/mol. The van der Waals surface area contributed by atoms with E-state index in [4.69, 9.17) is 5.73 Å². The predicted molar refractivity (Wildman–Crippen MR) is 104 cm³/mol. The van der Waals surface area contributed by atoms with Crippen molar-refractivity contribution in [1.29, 1.82) is 0 Å². The van der Waals surface area contributed by atoms with Crippen molar-refractivity contribution in [3.63, 3.8) is 0 Å². The van der Waals surface area contributed by atoms with Crippen molar-refractivity contribution in [3.8, 4) is 0 Å². The summed E-state index contributed by atoms with van der Waals surface area (Å²) in [6.07, 6.45) is 20.6. The molecule has 3 N–H and O–H groups in total. The van der Waals surface area contributed by atoms with Crippen molar-refractivity contribution in [2.24, 2.45) is 11.7 Å². The first-order chi connectivity index (χ1) is 11.2. The second-order valence-corrected chi connectivity index (χ2v) is 7.45. The normalized spacial score (nSPS) is 14.1. The third kappa shape index (κ3) is 16.6. The lowest BCUT2D eigenvalue weighted by molar-refractivity contribution is 0.128. The van der Waals surface area contributed by atoms with Crippen LogP contribution in [0.1, 0.15) is 117 Å². The van der Waals surface area contributed by atoms with Gasteiger partial charge in [-0.15, -0.1) is 0 Å². The highest BCUT2D eigenvalue weighted by atomic mass is 16.3. The summed E-state index contributed by atoms with van der Waals surface area (Å²) in [6, 6.07) is 0. The van der Waals surface area contributed by atoms with Crippen molar-refractivity contribution in [3.05, 3.63) is 0 Å². The molecule has 0 aromatic heterocycles. The lowest BCUT2D eigenvalue weighted by Gasteiger charge is -2.20. The van der Waals surface area contributed by atoms with Gasteiger partial charge in [-0.1, -0.05) is 104 Å². The summed E-state index contributed by atoms with van der Waals surface area (Å²) in [5, 5.41) is 10.1. The molecule has 0 aliphatic carbocycles. The molecule has 0 amide bonds. The first-order valence-corrected chi connectivity index (χ1v) is 10.6. The van der Waals surface area contributed by atoms with Crippen molar-refractivity contribution < 1.29 is 5.11 Å². The maximum Gasteiger partial charge on any atom is 0.0554 e. The van der Waals surface area contributed by atoms with Crippen LogP contribution in [0.25, 0.3) is 0 Å². The maximum atomic E-state index is 10.1. The number of hydrogen-bond donors (Lipinski definition) is 2. The number of rotatable bonds is 18. The van der Waals surface area contributed by atoms with Crippen LogP contribution in [0.5, 0.6) is 0 Å². The Morgan fingerprint density at radius 1 is 0.652 bits per heavy atom. The molecule has 0 aromatic rings. The molecule has 0 bridgehead atoms. The SMILES string of the molecule is CCCCCCCCCC(CCCCCCC)CC(O)CCN. The van der Waals surface area contributed by atoms with Crippen LogP contribution < -0.4 is 5.73 Å². The van der Waals surface area contributed by atoms with E-state index >= 15 is 0 Å². The Hall–Kier alpha value is -0.0800. The molecule has 0 saturated carbocycles. The van der Waals surface area contributed by atoms with E-state index in [1.165, 1.54) is 89.9 Å². The van der Waals surface area contributed by atoms with Crippen molar-refractivity contribution in [2.75, 3.05) is 6.54 Å². The van der Waals surface area contributed by atoms with Crippen LogP contribution in [0.4, 0.5) is 0 Å². The zero-order chi connectivity index (χ0) is 17.2. The molecule has 2 heteroatoms. The number of unbranched alkanes of at least 4 members (excludes halogenated alkanes) is 10. The van der Waals surface area contributed by atoms with Crippen LogP contribution in [0.2, 0.25) is 0 Å². The molecule has 0 heterocycles. The topological polar surface area (TPSA) is 46.2 Å². The molecule has 140 valence electrons. The summed E-state index contributed by atoms with van der Waals surface area (Å²) >= 11 is 0. The highest BCUT2D eigenvalue weighted by Gasteiger charge is 2.14. The number of aliphatic hydroxyl groups excluding tert-OH is 1. The quantitative estimate of drug-likeness (QED) is 0.294. The van der Waals surface area contributed by atoms with Gasteiger partial charge in [0, 0.05) is 0 Å². The van der Waals surface area contributed by atoms with Gasteiger partial charge in [0.1, 0.15) is 0 Å². The lowest BCUT2D eigenvalue weighted by atomic mass is 9.89. The fraction of sp³-hybridized carbons (Fsp3) is 1.00. The number of aliphatic hydroxyl groups is 1. The van der Waals surface area contributed by atoms with Crippen LogP contribution in [-0.4, -0.2) is 17.8 Å². The van der Waals surface area contributed by atoms with Crippen LogP contribution in [0.3, 0.4) is 0 Å². The third-order valence-electron chi connectivity index (χ3n) is 5.04. The minimum Gasteiger partial charge on any atom is -0.393 e. The van der Waals surface area contributed by atoms with E-state index in [-0.39, 0.29) is 6.10 Å². The van der Waals surface area contributed by atoms with E-state index in [1.54, 1.807) is 0 Å². The third-order valence-corrected chi connectivity index (χ3v) is 5.04. The number of nitrogens with two attached hydrogens (primary N) is 1. The minimum atomic E-state index is -0.176. The highest BCUT2D eigenvalue weighted by molar-refractivity contribution is 4.67. The summed E-state index contributed by atoms with van der Waals surface area (Å²) in [5.74, 6) is 0.716. The van der Waals surface area contributed by atoms with Gasteiger partial charge in [0.05, 0.1) is 6.10 Å². The zero-order valence-electron chi connectivity index (χ0n) is 16.2. The van der Waals surface area contributed by atoms with Crippen molar-refractivity contribution in [1.82, 2.24) is 0 Å². The first kappa shape index (κ1) is 22.9. The van der Waals surface area contributed by atoms with Crippen LogP contribution in [-0.2, 0) is 0 Å². The van der Waals surface area contributed by atoms with Gasteiger partial charge < -0.3 is 10.8 Å². The standard InChI is InChI=1S/C21H45NO/c1-3-5-7-9-10-12-14-16-20(19-21(23)17-18-22)15-13-11-8-6-4-2/h20-21,23H,3-19,22H2,1-2H3. The van der Waals surface area contributed by atoms with Gasteiger partial charge in [0.15, 0.2) is 0 Å². The average Bonchev–Trinajstić information content (AvgIpc) is 2.53. The Morgan fingerprint density at radius 2 is 1.09 bits per heavy atom. The van der Waals surface area contributed by atoms with Crippen LogP contribution >= 0.6 is 0 Å². The van der Waals surface area contributed by atoms with Crippen molar-refractivity contribution in [2.45, 2.75) is 123 Å². The molecule has 0 spiro atoms. The molecule has 0 aliphatic heterocycles. The Morgan fingerprint density at radius 3 is 1.52 bits per heavy atom. The molecular formula is C21H45NO. The van der Waals surface area contributed by atoms with Gasteiger partial charge in [0.2, 0.25) is 0 Å². The fourth-order valence-corrected chi connectivity index (χ4v) is 3.50. The minimum absolute atomic E-state index is 0.176. The van der Waals surface area contributed by atoms with Gasteiger partial charge in [-0.25, -0.2) is 0 Å². The van der Waals surface area contributed by atoms with E-state index in [0.29, 0.717) is 12.5 Å². The molecule has 0 saturated heterocycles. The van der Waals surface area contributed by atoms with Gasteiger partial charge in [-0.05, 0) is 25.3 Å². The van der Waals surface area contributed by atoms with Gasteiger partial charge in [-0.2, -0.15) is 0 Å². The Balaban J connectivity index is 3.82. The van der Waals surface area contributed by atoms with Crippen LogP contribution in [0, 0.1) is 5.92 Å². The largest absolute Gasteiger partial charge is 0.393 e. The monoisotopic (exact) mass is 327 g/mol. The molecule has 23 heavy (non-hydrogen) atoms. The van der Waals surface area contributed by atoms with E-state index in [2.05, 4.69) is 13.8 Å². The first-order valence-electron chi connectivity index (χ1n) is 10.6. The lowest BCUT2D eigenvalue weighted by Crippen LogP contribution is -2.18. The second kappa shape index (κ2) is 18.3. The second-order valence-electron chi connectivity index (χ2n) is 7.45. The van der Waals surface area contributed by atoms with E-state index in [9.17, 15) is 5.11 Å². The Bertz CT molecular complexity index is 220. The zero-order valence-corrected chi connectivity index (χ0v) is 16.2. The Kier molecular flexibility index (Phi) is 18.2. The van der Waals surface area contributed by atoms with E-state index in [1.807, 2.05) is 0 Å². The van der Waals surface area contributed by atoms with Gasteiger partial charge in [-0.3, -0.25) is 0 Å². The summed E-state index contributed by atoms with van der Waals surface area (Å²) in [5.41, 5.74) is 5.58. The molecule has 2 atom stereocenters. The van der Waals surface area contributed by atoms with Crippen molar-refractivity contribution >= 4 is 0 Å². The van der Waals surface area contributed by atoms with Crippen LogP contribution in [0.15, 0.2) is 0 Å². The predicted octanol–water partition coefficient (Wildman–Crippen LogP) is 6.20. The molecule has 0 radical (unpaired) electrons. The van der Waals surface area contributed by atoms with E-state index in [0.717, 1.165) is 12.8 Å². The molecule has 2 unspecified atom stereocenters. The van der Waals surface area contributed by atoms with E-state index < -0.39 is 0 Å². The molecule has 0 rings (SSSR count). The maximum absolute atomic E-state index is 10.1. The molecular weight excluding hydrogens is 282 g/mol. The summed E-state index contributed by atoms with van der Waals surface area (Å²) in [4.78, 5) is 0. The summed E-state index contributed by atoms with van der Waals surface area (Å²) in [6.45, 7) is 5.16. The summed E-state index contributed by atoms with van der Waals surface area (Å²) in [7, 11) is 0. The Labute approximate surface area is 146 Å². The molecule has 2 nitrogen and oxygen atoms in total. The smallest absolute Gasteiger partial charge is 0.0554 e. The number of hydrogen-bond acceptors (Lipinski definition) is 2.